The maximum atomic E-state index is 12.7. The molecule has 0 atom stereocenters. The van der Waals surface area contributed by atoms with Crippen LogP contribution in [0.25, 0.3) is 44.2 Å². The summed E-state index contributed by atoms with van der Waals surface area (Å²) in [5.41, 5.74) is 1.99. The third kappa shape index (κ3) is 3.39. The molecule has 0 bridgehead atoms. The number of benzene rings is 3. The second-order valence-electron chi connectivity index (χ2n) is 7.02. The number of para-hydroxylation sites is 1. The van der Waals surface area contributed by atoms with Crippen molar-refractivity contribution in [3.63, 3.8) is 0 Å². The van der Waals surface area contributed by atoms with Gasteiger partial charge < -0.3 is 13.6 Å². The third-order valence-corrected chi connectivity index (χ3v) is 5.39. The Bertz CT molecular complexity index is 1560. The van der Waals surface area contributed by atoms with Crippen molar-refractivity contribution in [2.45, 2.75) is 0 Å². The van der Waals surface area contributed by atoms with Crippen LogP contribution in [0.15, 0.2) is 91.2 Å². The van der Waals surface area contributed by atoms with Gasteiger partial charge >= 0.3 is 11.3 Å². The lowest BCUT2D eigenvalue weighted by Gasteiger charge is -2.10. The first kappa shape index (κ1) is 19.2. The summed E-state index contributed by atoms with van der Waals surface area (Å²) in [6, 6.07) is 20.9. The second kappa shape index (κ2) is 7.45. The standard InChI is InChI=1S/C25H15ClO5/c1-29-17-8-5-14(6-9-17)20-13-23(27)31-24-18(20)3-2-4-19(24)21-12-15-11-16(26)7-10-22(15)30-25(21)28/h2-13H,1H3. The van der Waals surface area contributed by atoms with Crippen molar-refractivity contribution in [1.29, 1.82) is 0 Å². The fraction of sp³-hybridized carbons (Fsp3) is 0.0400. The van der Waals surface area contributed by atoms with E-state index in [4.69, 9.17) is 25.2 Å². The van der Waals surface area contributed by atoms with Gasteiger partial charge in [0.2, 0.25) is 0 Å². The van der Waals surface area contributed by atoms with Gasteiger partial charge in [0.05, 0.1) is 12.7 Å². The van der Waals surface area contributed by atoms with E-state index in [1.54, 1.807) is 37.4 Å². The van der Waals surface area contributed by atoms with E-state index in [-0.39, 0.29) is 5.56 Å². The summed E-state index contributed by atoms with van der Waals surface area (Å²) in [6.07, 6.45) is 0. The number of halogens is 1. The molecule has 5 aromatic rings. The van der Waals surface area contributed by atoms with Crippen molar-refractivity contribution in [1.82, 2.24) is 0 Å². The fourth-order valence-electron chi connectivity index (χ4n) is 3.69. The van der Waals surface area contributed by atoms with Crippen LogP contribution >= 0.6 is 11.6 Å². The monoisotopic (exact) mass is 430 g/mol. The predicted octanol–water partition coefficient (Wildman–Crippen LogP) is 5.90. The van der Waals surface area contributed by atoms with Crippen LogP contribution in [-0.4, -0.2) is 7.11 Å². The van der Waals surface area contributed by atoms with Crippen LogP contribution in [0.3, 0.4) is 0 Å². The maximum absolute atomic E-state index is 12.7. The molecule has 0 aliphatic rings. The number of ether oxygens (including phenoxy) is 1. The van der Waals surface area contributed by atoms with Crippen LogP contribution in [0.5, 0.6) is 5.75 Å². The number of methoxy groups -OCH3 is 1. The molecule has 2 heterocycles. The molecule has 0 saturated carbocycles. The van der Waals surface area contributed by atoms with Gasteiger partial charge in [-0.15, -0.1) is 0 Å². The molecule has 152 valence electrons. The largest absolute Gasteiger partial charge is 0.497 e. The number of fused-ring (bicyclic) bond motifs is 2. The first-order valence-corrected chi connectivity index (χ1v) is 9.86. The molecule has 0 spiro atoms. The smallest absolute Gasteiger partial charge is 0.344 e. The lowest BCUT2D eigenvalue weighted by molar-refractivity contribution is 0.415. The molecule has 0 aliphatic heterocycles. The van der Waals surface area contributed by atoms with Crippen LogP contribution in [0.4, 0.5) is 0 Å². The molecule has 3 aromatic carbocycles. The minimum absolute atomic E-state index is 0.287. The van der Waals surface area contributed by atoms with E-state index in [2.05, 4.69) is 0 Å². The van der Waals surface area contributed by atoms with E-state index in [0.29, 0.717) is 43.8 Å². The number of hydrogen-bond donors (Lipinski definition) is 0. The van der Waals surface area contributed by atoms with Gasteiger partial charge in [-0.2, -0.15) is 0 Å². The van der Waals surface area contributed by atoms with Gasteiger partial charge in [0.25, 0.3) is 0 Å². The Morgan fingerprint density at radius 1 is 0.806 bits per heavy atom. The highest BCUT2D eigenvalue weighted by molar-refractivity contribution is 6.31. The van der Waals surface area contributed by atoms with Gasteiger partial charge in [-0.1, -0.05) is 41.9 Å². The average Bonchev–Trinajstić information content (AvgIpc) is 2.78. The zero-order valence-corrected chi connectivity index (χ0v) is 17.1. The Kier molecular flexibility index (Phi) is 4.60. The van der Waals surface area contributed by atoms with E-state index in [1.165, 1.54) is 6.07 Å². The van der Waals surface area contributed by atoms with Crippen LogP contribution < -0.4 is 16.0 Å². The SMILES string of the molecule is COc1ccc(-c2cc(=O)oc3c(-c4cc5cc(Cl)ccc5oc4=O)cccc23)cc1. The molecule has 0 radical (unpaired) electrons. The van der Waals surface area contributed by atoms with Crippen molar-refractivity contribution < 1.29 is 13.6 Å². The van der Waals surface area contributed by atoms with Gasteiger partial charge in [-0.25, -0.2) is 9.59 Å². The molecule has 0 saturated heterocycles. The van der Waals surface area contributed by atoms with Crippen molar-refractivity contribution >= 4 is 33.5 Å². The molecule has 0 aliphatic carbocycles. The number of rotatable bonds is 3. The summed E-state index contributed by atoms with van der Waals surface area (Å²) in [5.74, 6) is 0.712. The second-order valence-corrected chi connectivity index (χ2v) is 7.46. The van der Waals surface area contributed by atoms with Crippen molar-refractivity contribution in [3.05, 3.63) is 98.7 Å². The normalized spacial score (nSPS) is 11.2. The van der Waals surface area contributed by atoms with Crippen LogP contribution in [0.1, 0.15) is 0 Å². The molecular formula is C25H15ClO5. The van der Waals surface area contributed by atoms with Gasteiger partial charge in [0, 0.05) is 27.4 Å². The molecule has 0 amide bonds. The fourth-order valence-corrected chi connectivity index (χ4v) is 3.87. The topological polar surface area (TPSA) is 69.7 Å². The van der Waals surface area contributed by atoms with E-state index >= 15 is 0 Å². The van der Waals surface area contributed by atoms with Crippen LogP contribution in [0, 0.1) is 0 Å². The highest BCUT2D eigenvalue weighted by Crippen LogP contribution is 2.34. The third-order valence-electron chi connectivity index (χ3n) is 5.16. The highest BCUT2D eigenvalue weighted by Gasteiger charge is 2.16. The van der Waals surface area contributed by atoms with Gasteiger partial charge in [-0.3, -0.25) is 0 Å². The molecule has 2 aromatic heterocycles. The molecule has 0 unspecified atom stereocenters. The zero-order chi connectivity index (χ0) is 21.5. The van der Waals surface area contributed by atoms with E-state index in [0.717, 1.165) is 5.56 Å². The quantitative estimate of drug-likeness (QED) is 0.333. The van der Waals surface area contributed by atoms with E-state index in [9.17, 15) is 9.59 Å². The van der Waals surface area contributed by atoms with Crippen LogP contribution in [0.2, 0.25) is 5.02 Å². The Morgan fingerprint density at radius 2 is 1.61 bits per heavy atom. The first-order valence-electron chi connectivity index (χ1n) is 9.48. The zero-order valence-electron chi connectivity index (χ0n) is 16.3. The minimum Gasteiger partial charge on any atom is -0.497 e. The van der Waals surface area contributed by atoms with Crippen LogP contribution in [-0.2, 0) is 0 Å². The predicted molar refractivity (Wildman–Crippen MR) is 121 cm³/mol. The Balaban J connectivity index is 1.79. The molecule has 0 N–H and O–H groups in total. The summed E-state index contributed by atoms with van der Waals surface area (Å²) in [6.45, 7) is 0. The molecular weight excluding hydrogens is 416 g/mol. The number of hydrogen-bond acceptors (Lipinski definition) is 5. The van der Waals surface area contributed by atoms with Crippen molar-refractivity contribution in [2.75, 3.05) is 7.11 Å². The lowest BCUT2D eigenvalue weighted by Crippen LogP contribution is -2.05. The van der Waals surface area contributed by atoms with E-state index in [1.807, 2.05) is 36.4 Å². The van der Waals surface area contributed by atoms with E-state index < -0.39 is 11.3 Å². The van der Waals surface area contributed by atoms with Crippen molar-refractivity contribution in [3.8, 4) is 28.0 Å². The lowest BCUT2D eigenvalue weighted by atomic mass is 9.97. The van der Waals surface area contributed by atoms with Gasteiger partial charge in [-0.05, 0) is 47.5 Å². The Hall–Kier alpha value is -3.83. The maximum Gasteiger partial charge on any atom is 0.344 e. The van der Waals surface area contributed by atoms with Gasteiger partial charge in [0.1, 0.15) is 16.9 Å². The summed E-state index contributed by atoms with van der Waals surface area (Å²) in [5, 5.41) is 1.90. The summed E-state index contributed by atoms with van der Waals surface area (Å²) in [4.78, 5) is 25.2. The minimum atomic E-state index is -0.528. The Labute approximate surface area is 181 Å². The molecule has 5 rings (SSSR count). The summed E-state index contributed by atoms with van der Waals surface area (Å²) >= 11 is 6.09. The summed E-state index contributed by atoms with van der Waals surface area (Å²) in [7, 11) is 1.59. The van der Waals surface area contributed by atoms with Crippen molar-refractivity contribution in [2.24, 2.45) is 0 Å². The molecule has 6 heteroatoms. The molecule has 5 nitrogen and oxygen atoms in total. The summed E-state index contributed by atoms with van der Waals surface area (Å²) < 4.78 is 16.2. The molecule has 31 heavy (non-hydrogen) atoms. The first-order chi connectivity index (χ1) is 15.0. The highest BCUT2D eigenvalue weighted by atomic mass is 35.5. The van der Waals surface area contributed by atoms with Gasteiger partial charge in [0.15, 0.2) is 0 Å². The average molecular weight is 431 g/mol. The molecule has 0 fully saturated rings. The Morgan fingerprint density at radius 3 is 2.39 bits per heavy atom.